The second-order valence-corrected chi connectivity index (χ2v) is 4.60. The molecule has 2 aromatic rings. The molecule has 0 radical (unpaired) electrons. The van der Waals surface area contributed by atoms with Gasteiger partial charge in [0.25, 0.3) is 5.91 Å². The van der Waals surface area contributed by atoms with Gasteiger partial charge in [0, 0.05) is 24.8 Å². The van der Waals surface area contributed by atoms with E-state index in [1.54, 1.807) is 36.2 Å². The van der Waals surface area contributed by atoms with Gasteiger partial charge in [-0.25, -0.2) is 0 Å². The quantitative estimate of drug-likeness (QED) is 0.866. The number of carbonyl (C=O) groups is 1. The second kappa shape index (κ2) is 5.89. The third-order valence-electron chi connectivity index (χ3n) is 2.96. The zero-order chi connectivity index (χ0) is 14.5. The van der Waals surface area contributed by atoms with Crippen molar-refractivity contribution in [3.63, 3.8) is 0 Å². The molecule has 100 valence electrons. The van der Waals surface area contributed by atoms with Crippen LogP contribution in [0.1, 0.15) is 21.5 Å². The Bertz CT molecular complexity index is 673. The molecule has 0 saturated carbocycles. The summed E-state index contributed by atoms with van der Waals surface area (Å²) in [7, 11) is 1.73. The Kier molecular flexibility index (Phi) is 4.02. The van der Waals surface area contributed by atoms with Gasteiger partial charge < -0.3 is 10.6 Å². The van der Waals surface area contributed by atoms with Crippen molar-refractivity contribution in [2.75, 3.05) is 12.8 Å². The molecular formula is C16H15N3O. The second-order valence-electron chi connectivity index (χ2n) is 4.60. The van der Waals surface area contributed by atoms with E-state index in [2.05, 4.69) is 0 Å². The SMILES string of the molecule is CN(Cc1cccc(N)c1)C(=O)c1cccc(C#N)c1. The van der Waals surface area contributed by atoms with Crippen LogP contribution in [0.15, 0.2) is 48.5 Å². The molecule has 0 aromatic heterocycles. The molecule has 20 heavy (non-hydrogen) atoms. The number of nitrogens with two attached hydrogens (primary N) is 1. The fraction of sp³-hybridized carbons (Fsp3) is 0.125. The standard InChI is InChI=1S/C16H15N3O/c1-19(11-13-5-3-7-15(18)9-13)16(20)14-6-2-4-12(8-14)10-17/h2-9H,11,18H2,1H3. The molecule has 0 aliphatic heterocycles. The number of hydrogen-bond acceptors (Lipinski definition) is 3. The number of nitriles is 1. The molecule has 0 unspecified atom stereocenters. The van der Waals surface area contributed by atoms with Crippen molar-refractivity contribution in [1.29, 1.82) is 5.26 Å². The fourth-order valence-corrected chi connectivity index (χ4v) is 1.98. The Morgan fingerprint density at radius 3 is 2.70 bits per heavy atom. The fourth-order valence-electron chi connectivity index (χ4n) is 1.98. The summed E-state index contributed by atoms with van der Waals surface area (Å²) in [5, 5.41) is 8.86. The Morgan fingerprint density at radius 2 is 2.00 bits per heavy atom. The first kappa shape index (κ1) is 13.6. The molecule has 0 aliphatic carbocycles. The predicted molar refractivity (Wildman–Crippen MR) is 77.8 cm³/mol. The van der Waals surface area contributed by atoms with Crippen molar-refractivity contribution >= 4 is 11.6 Å². The van der Waals surface area contributed by atoms with E-state index >= 15 is 0 Å². The summed E-state index contributed by atoms with van der Waals surface area (Å²) in [4.78, 5) is 13.9. The van der Waals surface area contributed by atoms with Crippen molar-refractivity contribution in [1.82, 2.24) is 4.90 Å². The van der Waals surface area contributed by atoms with Gasteiger partial charge in [0.15, 0.2) is 0 Å². The number of nitrogens with zero attached hydrogens (tertiary/aromatic N) is 2. The summed E-state index contributed by atoms with van der Waals surface area (Å²) < 4.78 is 0. The monoisotopic (exact) mass is 265 g/mol. The number of nitrogen functional groups attached to an aromatic ring is 1. The largest absolute Gasteiger partial charge is 0.399 e. The first-order chi connectivity index (χ1) is 9.60. The van der Waals surface area contributed by atoms with Crippen LogP contribution in [0.25, 0.3) is 0 Å². The van der Waals surface area contributed by atoms with Gasteiger partial charge in [0.1, 0.15) is 0 Å². The minimum Gasteiger partial charge on any atom is -0.399 e. The van der Waals surface area contributed by atoms with E-state index in [0.717, 1.165) is 5.56 Å². The zero-order valence-electron chi connectivity index (χ0n) is 11.2. The van der Waals surface area contributed by atoms with Crippen LogP contribution < -0.4 is 5.73 Å². The maximum Gasteiger partial charge on any atom is 0.253 e. The topological polar surface area (TPSA) is 70.1 Å². The van der Waals surface area contributed by atoms with Crippen LogP contribution in [0.5, 0.6) is 0 Å². The lowest BCUT2D eigenvalue weighted by Crippen LogP contribution is -2.26. The summed E-state index contributed by atoms with van der Waals surface area (Å²) in [6.45, 7) is 0.473. The maximum atomic E-state index is 12.3. The molecule has 4 heteroatoms. The van der Waals surface area contributed by atoms with Crippen LogP contribution in [0.2, 0.25) is 0 Å². The summed E-state index contributed by atoms with van der Waals surface area (Å²) in [6.07, 6.45) is 0. The van der Waals surface area contributed by atoms with Gasteiger partial charge >= 0.3 is 0 Å². The van der Waals surface area contributed by atoms with Crippen LogP contribution in [-0.2, 0) is 6.54 Å². The predicted octanol–water partition coefficient (Wildman–Crippen LogP) is 2.41. The Labute approximate surface area is 118 Å². The number of rotatable bonds is 3. The van der Waals surface area contributed by atoms with Gasteiger partial charge in [-0.2, -0.15) is 5.26 Å². The molecule has 0 heterocycles. The van der Waals surface area contributed by atoms with Gasteiger partial charge in [-0.1, -0.05) is 18.2 Å². The molecule has 2 rings (SSSR count). The molecule has 4 nitrogen and oxygen atoms in total. The summed E-state index contributed by atoms with van der Waals surface area (Å²) in [5.74, 6) is -0.121. The van der Waals surface area contributed by atoms with Crippen LogP contribution in [0.4, 0.5) is 5.69 Å². The number of amides is 1. The van der Waals surface area contributed by atoms with E-state index in [0.29, 0.717) is 23.4 Å². The van der Waals surface area contributed by atoms with Crippen molar-refractivity contribution < 1.29 is 4.79 Å². The third-order valence-corrected chi connectivity index (χ3v) is 2.96. The highest BCUT2D eigenvalue weighted by atomic mass is 16.2. The van der Waals surface area contributed by atoms with Gasteiger partial charge in [-0.3, -0.25) is 4.79 Å². The van der Waals surface area contributed by atoms with Gasteiger partial charge in [-0.05, 0) is 35.9 Å². The lowest BCUT2D eigenvalue weighted by atomic mass is 10.1. The zero-order valence-corrected chi connectivity index (χ0v) is 11.2. The van der Waals surface area contributed by atoms with Crippen molar-refractivity contribution in [2.45, 2.75) is 6.54 Å². The molecule has 0 saturated heterocycles. The van der Waals surface area contributed by atoms with Crippen LogP contribution >= 0.6 is 0 Å². The van der Waals surface area contributed by atoms with Crippen LogP contribution in [0, 0.1) is 11.3 Å². The van der Waals surface area contributed by atoms with E-state index in [1.165, 1.54) is 0 Å². The first-order valence-electron chi connectivity index (χ1n) is 6.20. The number of anilines is 1. The molecule has 0 fully saturated rings. The van der Waals surface area contributed by atoms with E-state index in [1.807, 2.05) is 30.3 Å². The minimum absolute atomic E-state index is 0.121. The van der Waals surface area contributed by atoms with Crippen molar-refractivity contribution in [3.8, 4) is 6.07 Å². The summed E-state index contributed by atoms with van der Waals surface area (Å²) >= 11 is 0. The average Bonchev–Trinajstić information content (AvgIpc) is 2.46. The van der Waals surface area contributed by atoms with Crippen LogP contribution in [0.3, 0.4) is 0 Å². The smallest absolute Gasteiger partial charge is 0.253 e. The molecule has 0 spiro atoms. The highest BCUT2D eigenvalue weighted by Crippen LogP contribution is 2.12. The normalized spacial score (nSPS) is 9.80. The molecular weight excluding hydrogens is 250 g/mol. The minimum atomic E-state index is -0.121. The summed E-state index contributed by atoms with van der Waals surface area (Å²) in [5.41, 5.74) is 8.35. The lowest BCUT2D eigenvalue weighted by molar-refractivity contribution is 0.0785. The number of carbonyl (C=O) groups excluding carboxylic acids is 1. The summed E-state index contributed by atoms with van der Waals surface area (Å²) in [6, 6.07) is 16.2. The number of benzene rings is 2. The van der Waals surface area contributed by atoms with Gasteiger partial charge in [0.2, 0.25) is 0 Å². The molecule has 0 atom stereocenters. The maximum absolute atomic E-state index is 12.3. The molecule has 2 aromatic carbocycles. The third kappa shape index (κ3) is 3.15. The van der Waals surface area contributed by atoms with Crippen molar-refractivity contribution in [3.05, 3.63) is 65.2 Å². The van der Waals surface area contributed by atoms with Gasteiger partial charge in [0.05, 0.1) is 11.6 Å². The number of hydrogen-bond donors (Lipinski definition) is 1. The highest BCUT2D eigenvalue weighted by Gasteiger charge is 2.12. The first-order valence-corrected chi connectivity index (χ1v) is 6.20. The van der Waals surface area contributed by atoms with Crippen molar-refractivity contribution in [2.24, 2.45) is 0 Å². The molecule has 2 N–H and O–H groups in total. The van der Waals surface area contributed by atoms with E-state index in [4.69, 9.17) is 11.0 Å². The average molecular weight is 265 g/mol. The van der Waals surface area contributed by atoms with E-state index < -0.39 is 0 Å². The molecule has 0 bridgehead atoms. The van der Waals surface area contributed by atoms with Crippen LogP contribution in [-0.4, -0.2) is 17.9 Å². The Balaban J connectivity index is 2.14. The van der Waals surface area contributed by atoms with E-state index in [9.17, 15) is 4.79 Å². The Hall–Kier alpha value is -2.80. The molecule has 0 aliphatic rings. The highest BCUT2D eigenvalue weighted by molar-refractivity contribution is 5.94. The molecule has 1 amide bonds. The lowest BCUT2D eigenvalue weighted by Gasteiger charge is -2.17. The Morgan fingerprint density at radius 1 is 1.25 bits per heavy atom. The van der Waals surface area contributed by atoms with Gasteiger partial charge in [-0.15, -0.1) is 0 Å². The van der Waals surface area contributed by atoms with E-state index in [-0.39, 0.29) is 5.91 Å².